The van der Waals surface area contributed by atoms with E-state index < -0.39 is 0 Å². The fourth-order valence-corrected chi connectivity index (χ4v) is 3.94. The molecule has 0 spiro atoms. The van der Waals surface area contributed by atoms with Crippen LogP contribution in [-0.4, -0.2) is 24.0 Å². The Bertz CT molecular complexity index is 378. The van der Waals surface area contributed by atoms with Crippen LogP contribution in [0.1, 0.15) is 27.4 Å². The Labute approximate surface area is 110 Å². The maximum absolute atomic E-state index is 11.9. The number of hydrogen-bond donors (Lipinski definition) is 2. The van der Waals surface area contributed by atoms with Gasteiger partial charge in [-0.05, 0) is 43.3 Å². The van der Waals surface area contributed by atoms with Crippen LogP contribution >= 0.6 is 23.1 Å². The lowest BCUT2D eigenvalue weighted by atomic mass is 10.0. The minimum Gasteiger partial charge on any atom is -0.398 e. The number of thioether (sulfide) groups is 1. The van der Waals surface area contributed by atoms with Crippen LogP contribution in [0.25, 0.3) is 0 Å². The number of nitrogens with two attached hydrogens (primary N) is 1. The van der Waals surface area contributed by atoms with Crippen LogP contribution in [0.4, 0.5) is 5.69 Å². The molecule has 1 aromatic heterocycles. The molecule has 1 aromatic rings. The maximum Gasteiger partial charge on any atom is 0.261 e. The topological polar surface area (TPSA) is 55.1 Å². The predicted octanol–water partition coefficient (Wildman–Crippen LogP) is 2.51. The molecule has 94 valence electrons. The van der Waals surface area contributed by atoms with E-state index in [0.29, 0.717) is 11.6 Å². The monoisotopic (exact) mass is 270 g/mol. The second-order valence-corrected chi connectivity index (χ2v) is 6.87. The van der Waals surface area contributed by atoms with Crippen molar-refractivity contribution < 1.29 is 4.79 Å². The number of nitrogens with one attached hydrogen (secondary N) is 1. The largest absolute Gasteiger partial charge is 0.398 e. The van der Waals surface area contributed by atoms with Crippen LogP contribution in [0.3, 0.4) is 0 Å². The van der Waals surface area contributed by atoms with E-state index in [0.717, 1.165) is 16.3 Å². The molecule has 2 rings (SSSR count). The molecule has 0 unspecified atom stereocenters. The van der Waals surface area contributed by atoms with Crippen molar-refractivity contribution in [3.05, 3.63) is 15.8 Å². The quantitative estimate of drug-likeness (QED) is 0.887. The molecule has 0 aromatic carbocycles. The normalized spacial score (nSPS) is 17.0. The number of carbonyl (C=O) groups excluding carboxylic acids is 1. The molecule has 5 heteroatoms. The number of anilines is 1. The molecule has 3 nitrogen and oxygen atoms in total. The summed E-state index contributed by atoms with van der Waals surface area (Å²) in [5, 5.41) is 3.02. The highest BCUT2D eigenvalue weighted by Crippen LogP contribution is 2.24. The molecule has 2 heterocycles. The Kier molecular flexibility index (Phi) is 4.34. The highest BCUT2D eigenvalue weighted by atomic mass is 32.2. The Morgan fingerprint density at radius 3 is 2.82 bits per heavy atom. The average molecular weight is 270 g/mol. The fraction of sp³-hybridized carbons (Fsp3) is 0.583. The number of hydrogen-bond acceptors (Lipinski definition) is 4. The molecule has 3 N–H and O–H groups in total. The second kappa shape index (κ2) is 5.78. The number of aryl methyl sites for hydroxylation is 1. The molecule has 1 amide bonds. The maximum atomic E-state index is 11.9. The van der Waals surface area contributed by atoms with Crippen LogP contribution in [-0.2, 0) is 0 Å². The number of amides is 1. The molecule has 17 heavy (non-hydrogen) atoms. The summed E-state index contributed by atoms with van der Waals surface area (Å²) in [5.41, 5.74) is 6.46. The number of rotatable bonds is 3. The van der Waals surface area contributed by atoms with E-state index in [1.165, 1.54) is 35.7 Å². The summed E-state index contributed by atoms with van der Waals surface area (Å²) in [5.74, 6) is 3.13. The van der Waals surface area contributed by atoms with Gasteiger partial charge < -0.3 is 11.1 Å². The zero-order valence-corrected chi connectivity index (χ0v) is 11.6. The molecule has 1 fully saturated rings. The van der Waals surface area contributed by atoms with Gasteiger partial charge in [-0.2, -0.15) is 11.8 Å². The Morgan fingerprint density at radius 1 is 1.53 bits per heavy atom. The first-order valence-electron chi connectivity index (χ1n) is 5.88. The number of nitrogen functional groups attached to an aromatic ring is 1. The summed E-state index contributed by atoms with van der Waals surface area (Å²) in [6.07, 6.45) is 2.44. The molecule has 0 aliphatic carbocycles. The van der Waals surface area contributed by atoms with Crippen LogP contribution in [0.15, 0.2) is 6.07 Å². The van der Waals surface area contributed by atoms with Crippen molar-refractivity contribution in [2.75, 3.05) is 23.8 Å². The molecular weight excluding hydrogens is 252 g/mol. The predicted molar refractivity (Wildman–Crippen MR) is 75.9 cm³/mol. The van der Waals surface area contributed by atoms with Crippen molar-refractivity contribution in [1.29, 1.82) is 0 Å². The Balaban J connectivity index is 1.84. The first-order valence-corrected chi connectivity index (χ1v) is 7.86. The van der Waals surface area contributed by atoms with Crippen LogP contribution in [0, 0.1) is 12.8 Å². The SMILES string of the molecule is Cc1sc(C(=O)NCC2CCSCC2)cc1N. The minimum atomic E-state index is 0.0213. The van der Waals surface area contributed by atoms with E-state index in [-0.39, 0.29) is 5.91 Å². The third-order valence-electron chi connectivity index (χ3n) is 3.07. The van der Waals surface area contributed by atoms with Gasteiger partial charge in [0.1, 0.15) is 0 Å². The molecule has 1 aliphatic heterocycles. The zero-order chi connectivity index (χ0) is 12.3. The molecule has 0 bridgehead atoms. The molecule has 0 radical (unpaired) electrons. The summed E-state index contributed by atoms with van der Waals surface area (Å²) >= 11 is 3.48. The van der Waals surface area contributed by atoms with Gasteiger partial charge in [0.25, 0.3) is 5.91 Å². The number of carbonyl (C=O) groups is 1. The van der Waals surface area contributed by atoms with Crippen molar-refractivity contribution in [3.63, 3.8) is 0 Å². The van der Waals surface area contributed by atoms with Crippen LogP contribution in [0.5, 0.6) is 0 Å². The van der Waals surface area contributed by atoms with E-state index >= 15 is 0 Å². The first-order chi connectivity index (χ1) is 8.16. The van der Waals surface area contributed by atoms with Gasteiger partial charge in [-0.3, -0.25) is 4.79 Å². The zero-order valence-electron chi connectivity index (χ0n) is 9.99. The van der Waals surface area contributed by atoms with Crippen molar-refractivity contribution in [2.24, 2.45) is 5.92 Å². The second-order valence-electron chi connectivity index (χ2n) is 4.39. The number of thiophene rings is 1. The lowest BCUT2D eigenvalue weighted by Gasteiger charge is -2.21. The highest BCUT2D eigenvalue weighted by Gasteiger charge is 2.16. The van der Waals surface area contributed by atoms with Gasteiger partial charge in [0.05, 0.1) is 4.88 Å². The Hall–Kier alpha value is -0.680. The smallest absolute Gasteiger partial charge is 0.261 e. The summed E-state index contributed by atoms with van der Waals surface area (Å²) in [6.45, 7) is 2.74. The van der Waals surface area contributed by atoms with Crippen molar-refractivity contribution in [2.45, 2.75) is 19.8 Å². The molecule has 1 aliphatic rings. The van der Waals surface area contributed by atoms with Gasteiger partial charge in [-0.1, -0.05) is 0 Å². The summed E-state index contributed by atoms with van der Waals surface area (Å²) in [7, 11) is 0. The molecule has 0 saturated carbocycles. The lowest BCUT2D eigenvalue weighted by Crippen LogP contribution is -2.30. The van der Waals surface area contributed by atoms with Crippen molar-refractivity contribution in [3.8, 4) is 0 Å². The summed E-state index contributed by atoms with van der Waals surface area (Å²) in [4.78, 5) is 13.6. The highest BCUT2D eigenvalue weighted by molar-refractivity contribution is 7.99. The average Bonchev–Trinajstić information content (AvgIpc) is 2.68. The van der Waals surface area contributed by atoms with Crippen molar-refractivity contribution >= 4 is 34.7 Å². The van der Waals surface area contributed by atoms with Crippen LogP contribution in [0.2, 0.25) is 0 Å². The van der Waals surface area contributed by atoms with E-state index in [2.05, 4.69) is 5.32 Å². The van der Waals surface area contributed by atoms with E-state index in [1.807, 2.05) is 18.7 Å². The standard InChI is InChI=1S/C12H18N2OS2/c1-8-10(13)6-11(17-8)12(15)14-7-9-2-4-16-5-3-9/h6,9H,2-5,7,13H2,1H3,(H,14,15). The summed E-state index contributed by atoms with van der Waals surface area (Å²) < 4.78 is 0. The summed E-state index contributed by atoms with van der Waals surface area (Å²) in [6, 6.07) is 1.77. The van der Waals surface area contributed by atoms with Gasteiger partial charge >= 0.3 is 0 Å². The third-order valence-corrected chi connectivity index (χ3v) is 5.19. The first kappa shape index (κ1) is 12.8. The lowest BCUT2D eigenvalue weighted by molar-refractivity contribution is 0.0950. The van der Waals surface area contributed by atoms with Gasteiger partial charge in [0, 0.05) is 17.1 Å². The molecule has 1 saturated heterocycles. The Morgan fingerprint density at radius 2 is 2.24 bits per heavy atom. The van der Waals surface area contributed by atoms with Gasteiger partial charge in [-0.25, -0.2) is 0 Å². The van der Waals surface area contributed by atoms with Crippen LogP contribution < -0.4 is 11.1 Å². The van der Waals surface area contributed by atoms with E-state index in [1.54, 1.807) is 6.07 Å². The van der Waals surface area contributed by atoms with E-state index in [9.17, 15) is 4.79 Å². The van der Waals surface area contributed by atoms with Gasteiger partial charge in [0.15, 0.2) is 0 Å². The van der Waals surface area contributed by atoms with Gasteiger partial charge in [0.2, 0.25) is 0 Å². The molecule has 0 atom stereocenters. The third kappa shape index (κ3) is 3.39. The fourth-order valence-electron chi connectivity index (χ4n) is 1.88. The van der Waals surface area contributed by atoms with Crippen molar-refractivity contribution in [1.82, 2.24) is 5.32 Å². The van der Waals surface area contributed by atoms with Gasteiger partial charge in [-0.15, -0.1) is 11.3 Å². The van der Waals surface area contributed by atoms with E-state index in [4.69, 9.17) is 5.73 Å². The molecular formula is C12H18N2OS2. The minimum absolute atomic E-state index is 0.0213.